The number of rotatable bonds is 6. The summed E-state index contributed by atoms with van der Waals surface area (Å²) in [6.45, 7) is 4.87. The third-order valence-corrected chi connectivity index (χ3v) is 3.74. The van der Waals surface area contributed by atoms with Crippen molar-refractivity contribution in [2.45, 2.75) is 39.3 Å². The van der Waals surface area contributed by atoms with Gasteiger partial charge in [0.25, 0.3) is 0 Å². The largest absolute Gasteiger partial charge is 0.271 e. The normalized spacial score (nSPS) is 12.8. The molecule has 2 heterocycles. The highest BCUT2D eigenvalue weighted by atomic mass is 32.1. The summed E-state index contributed by atoms with van der Waals surface area (Å²) in [4.78, 5) is 8.71. The van der Waals surface area contributed by atoms with Gasteiger partial charge in [-0.15, -0.1) is 11.3 Å². The van der Waals surface area contributed by atoms with E-state index in [1.807, 2.05) is 18.5 Å². The zero-order valence-electron chi connectivity index (χ0n) is 10.6. The lowest BCUT2D eigenvalue weighted by molar-refractivity contribution is 0.489. The van der Waals surface area contributed by atoms with Gasteiger partial charge in [-0.1, -0.05) is 0 Å². The maximum absolute atomic E-state index is 5.60. The third-order valence-electron chi connectivity index (χ3n) is 2.75. The smallest absolute Gasteiger partial charge is 0.138 e. The standard InChI is InChI=1S/C11H18N6S/c1-3-17-10(13-7-14-17)4-9(16-12)5-11-15-8(2)6-18-11/h6-7,9,16H,3-5,12H2,1-2H3. The highest BCUT2D eigenvalue weighted by Gasteiger charge is 2.14. The predicted octanol–water partition coefficient (Wildman–Crippen LogP) is 0.680. The summed E-state index contributed by atoms with van der Waals surface area (Å²) < 4.78 is 1.89. The van der Waals surface area contributed by atoms with Gasteiger partial charge >= 0.3 is 0 Å². The molecule has 0 bridgehead atoms. The van der Waals surface area contributed by atoms with E-state index in [1.165, 1.54) is 0 Å². The van der Waals surface area contributed by atoms with Crippen LogP contribution in [0.3, 0.4) is 0 Å². The Hall–Kier alpha value is -1.31. The number of hydrazine groups is 1. The van der Waals surface area contributed by atoms with Crippen LogP contribution in [-0.2, 0) is 19.4 Å². The summed E-state index contributed by atoms with van der Waals surface area (Å²) in [7, 11) is 0. The van der Waals surface area contributed by atoms with E-state index in [0.717, 1.165) is 35.9 Å². The van der Waals surface area contributed by atoms with Crippen LogP contribution in [0.25, 0.3) is 0 Å². The van der Waals surface area contributed by atoms with Crippen LogP contribution in [0.5, 0.6) is 0 Å². The number of aromatic nitrogens is 4. The Morgan fingerprint density at radius 2 is 2.33 bits per heavy atom. The molecular formula is C11H18N6S. The second-order valence-electron chi connectivity index (χ2n) is 4.15. The van der Waals surface area contributed by atoms with Crippen molar-refractivity contribution >= 4 is 11.3 Å². The summed E-state index contributed by atoms with van der Waals surface area (Å²) in [5.41, 5.74) is 3.89. The molecule has 0 spiro atoms. The summed E-state index contributed by atoms with van der Waals surface area (Å²) in [5.74, 6) is 6.56. The Morgan fingerprint density at radius 3 is 2.94 bits per heavy atom. The third kappa shape index (κ3) is 3.12. The topological polar surface area (TPSA) is 81.7 Å². The molecule has 7 heteroatoms. The molecule has 2 aromatic heterocycles. The first-order chi connectivity index (χ1) is 8.72. The molecule has 2 rings (SSSR count). The second-order valence-corrected chi connectivity index (χ2v) is 5.09. The van der Waals surface area contributed by atoms with Gasteiger partial charge in [-0.25, -0.2) is 9.97 Å². The van der Waals surface area contributed by atoms with Crippen LogP contribution in [0, 0.1) is 6.92 Å². The quantitative estimate of drug-likeness (QED) is 0.593. The first kappa shape index (κ1) is 13.1. The van der Waals surface area contributed by atoms with Crippen LogP contribution in [0.2, 0.25) is 0 Å². The monoisotopic (exact) mass is 266 g/mol. The van der Waals surface area contributed by atoms with Crippen molar-refractivity contribution in [2.24, 2.45) is 5.84 Å². The Bertz CT molecular complexity index is 491. The van der Waals surface area contributed by atoms with Crippen molar-refractivity contribution in [2.75, 3.05) is 0 Å². The van der Waals surface area contributed by atoms with Gasteiger partial charge in [0.2, 0.25) is 0 Å². The second kappa shape index (κ2) is 6.03. The van der Waals surface area contributed by atoms with Crippen LogP contribution < -0.4 is 11.3 Å². The fourth-order valence-electron chi connectivity index (χ4n) is 1.83. The van der Waals surface area contributed by atoms with Gasteiger partial charge in [0.15, 0.2) is 0 Å². The van der Waals surface area contributed by atoms with Crippen molar-refractivity contribution < 1.29 is 0 Å². The van der Waals surface area contributed by atoms with E-state index in [1.54, 1.807) is 17.7 Å². The minimum Gasteiger partial charge on any atom is -0.271 e. The molecule has 6 nitrogen and oxygen atoms in total. The fourth-order valence-corrected chi connectivity index (χ4v) is 2.68. The fraction of sp³-hybridized carbons (Fsp3) is 0.545. The van der Waals surface area contributed by atoms with Gasteiger partial charge in [-0.3, -0.25) is 16.0 Å². The minimum atomic E-state index is 0.130. The van der Waals surface area contributed by atoms with Crippen molar-refractivity contribution in [1.29, 1.82) is 0 Å². The summed E-state index contributed by atoms with van der Waals surface area (Å²) >= 11 is 1.67. The molecule has 3 N–H and O–H groups in total. The van der Waals surface area contributed by atoms with E-state index in [0.29, 0.717) is 0 Å². The lowest BCUT2D eigenvalue weighted by atomic mass is 10.1. The molecule has 0 amide bonds. The Balaban J connectivity index is 2.01. The predicted molar refractivity (Wildman–Crippen MR) is 71.1 cm³/mol. The SMILES string of the molecule is CCn1ncnc1CC(Cc1nc(C)cs1)NN. The first-order valence-corrected chi connectivity index (χ1v) is 6.84. The molecule has 98 valence electrons. The van der Waals surface area contributed by atoms with E-state index in [9.17, 15) is 0 Å². The van der Waals surface area contributed by atoms with Crippen LogP contribution in [0.1, 0.15) is 23.4 Å². The highest BCUT2D eigenvalue weighted by molar-refractivity contribution is 7.09. The molecule has 18 heavy (non-hydrogen) atoms. The van der Waals surface area contributed by atoms with Gasteiger partial charge in [-0.05, 0) is 13.8 Å². The number of nitrogens with two attached hydrogens (primary N) is 1. The van der Waals surface area contributed by atoms with Gasteiger partial charge in [0.05, 0.1) is 5.01 Å². The molecular weight excluding hydrogens is 248 g/mol. The molecule has 0 saturated heterocycles. The molecule has 2 aromatic rings. The van der Waals surface area contributed by atoms with E-state index in [-0.39, 0.29) is 6.04 Å². The zero-order valence-corrected chi connectivity index (χ0v) is 11.4. The van der Waals surface area contributed by atoms with Crippen molar-refractivity contribution in [3.63, 3.8) is 0 Å². The number of nitrogens with one attached hydrogen (secondary N) is 1. The number of thiazole rings is 1. The minimum absolute atomic E-state index is 0.130. The maximum atomic E-state index is 5.60. The Kier molecular flexibility index (Phi) is 4.40. The van der Waals surface area contributed by atoms with E-state index < -0.39 is 0 Å². The van der Waals surface area contributed by atoms with Gasteiger partial charge in [0, 0.05) is 36.5 Å². The highest BCUT2D eigenvalue weighted by Crippen LogP contribution is 2.12. The van der Waals surface area contributed by atoms with Crippen LogP contribution in [-0.4, -0.2) is 25.8 Å². The van der Waals surface area contributed by atoms with Crippen molar-refractivity contribution in [1.82, 2.24) is 25.2 Å². The zero-order chi connectivity index (χ0) is 13.0. The molecule has 0 radical (unpaired) electrons. The number of hydrogen-bond donors (Lipinski definition) is 2. The number of aryl methyl sites for hydroxylation is 2. The van der Waals surface area contributed by atoms with Crippen LogP contribution in [0.4, 0.5) is 0 Å². The lowest BCUT2D eigenvalue weighted by Gasteiger charge is -2.14. The van der Waals surface area contributed by atoms with Gasteiger partial charge < -0.3 is 0 Å². The molecule has 0 fully saturated rings. The molecule has 0 saturated carbocycles. The summed E-state index contributed by atoms with van der Waals surface area (Å²) in [6.07, 6.45) is 3.15. The Labute approximate surface area is 110 Å². The number of hydrogen-bond acceptors (Lipinski definition) is 6. The van der Waals surface area contributed by atoms with Gasteiger partial charge in [-0.2, -0.15) is 5.10 Å². The molecule has 0 aliphatic heterocycles. The van der Waals surface area contributed by atoms with Crippen LogP contribution in [0.15, 0.2) is 11.7 Å². The Morgan fingerprint density at radius 1 is 1.50 bits per heavy atom. The van der Waals surface area contributed by atoms with Crippen LogP contribution >= 0.6 is 11.3 Å². The van der Waals surface area contributed by atoms with Gasteiger partial charge in [0.1, 0.15) is 12.2 Å². The average Bonchev–Trinajstić information content (AvgIpc) is 2.97. The van der Waals surface area contributed by atoms with E-state index in [2.05, 4.69) is 25.9 Å². The molecule has 0 aliphatic rings. The van der Waals surface area contributed by atoms with Crippen molar-refractivity contribution in [3.8, 4) is 0 Å². The van der Waals surface area contributed by atoms with E-state index >= 15 is 0 Å². The first-order valence-electron chi connectivity index (χ1n) is 5.96. The maximum Gasteiger partial charge on any atom is 0.138 e. The summed E-state index contributed by atoms with van der Waals surface area (Å²) in [5, 5.41) is 7.31. The van der Waals surface area contributed by atoms with E-state index in [4.69, 9.17) is 5.84 Å². The lowest BCUT2D eigenvalue weighted by Crippen LogP contribution is -2.39. The molecule has 0 aromatic carbocycles. The number of nitrogens with zero attached hydrogens (tertiary/aromatic N) is 4. The molecule has 0 aliphatic carbocycles. The van der Waals surface area contributed by atoms with Crippen molar-refractivity contribution in [3.05, 3.63) is 28.2 Å². The average molecular weight is 266 g/mol. The molecule has 1 unspecified atom stereocenters. The summed E-state index contributed by atoms with van der Waals surface area (Å²) in [6, 6.07) is 0.130. The molecule has 1 atom stereocenters.